The van der Waals surface area contributed by atoms with Crippen molar-refractivity contribution < 1.29 is 22.8 Å². The molecular formula is C4H9O5S. The minimum atomic E-state index is -3.93. The first-order valence-corrected chi connectivity index (χ1v) is 4.28. The van der Waals surface area contributed by atoms with Gasteiger partial charge < -0.3 is 4.74 Å². The van der Waals surface area contributed by atoms with E-state index in [2.05, 4.69) is 4.74 Å². The molecule has 0 heterocycles. The smallest absolute Gasteiger partial charge is 0.267 e. The van der Waals surface area contributed by atoms with Crippen LogP contribution in [-0.4, -0.2) is 38.5 Å². The zero-order valence-corrected chi connectivity index (χ0v) is 6.13. The molecule has 0 amide bonds. The van der Waals surface area contributed by atoms with Crippen LogP contribution in [0.4, 0.5) is 0 Å². The molecule has 0 saturated carbocycles. The topological polar surface area (TPSA) is 83.5 Å². The molecular weight excluding hydrogens is 160 g/mol. The third-order valence-corrected chi connectivity index (χ3v) is 1.40. The Balaban J connectivity index is 3.21. The van der Waals surface area contributed by atoms with Gasteiger partial charge in [0.1, 0.15) is 6.61 Å². The van der Waals surface area contributed by atoms with Crippen molar-refractivity contribution in [2.45, 2.75) is 0 Å². The van der Waals surface area contributed by atoms with Gasteiger partial charge in [0, 0.05) is 0 Å². The van der Waals surface area contributed by atoms with Gasteiger partial charge in [0.25, 0.3) is 10.1 Å². The van der Waals surface area contributed by atoms with Crippen LogP contribution in [-0.2, 0) is 20.0 Å². The molecule has 0 atom stereocenters. The number of ether oxygens (including phenoxy) is 1. The van der Waals surface area contributed by atoms with E-state index in [0.29, 0.717) is 0 Å². The summed E-state index contributed by atoms with van der Waals surface area (Å²) in [6.07, 6.45) is 0. The molecule has 0 spiro atoms. The predicted molar refractivity (Wildman–Crippen MR) is 32.8 cm³/mol. The van der Waals surface area contributed by atoms with E-state index in [0.717, 1.165) is 0 Å². The van der Waals surface area contributed by atoms with Crippen molar-refractivity contribution in [1.82, 2.24) is 0 Å². The molecule has 0 aliphatic rings. The zero-order chi connectivity index (χ0) is 8.04. The Morgan fingerprint density at radius 2 is 1.90 bits per heavy atom. The van der Waals surface area contributed by atoms with Gasteiger partial charge in [0.2, 0.25) is 0 Å². The summed E-state index contributed by atoms with van der Waals surface area (Å²) >= 11 is 0. The summed E-state index contributed by atoms with van der Waals surface area (Å²) in [6, 6.07) is 0. The molecule has 1 N–H and O–H groups in total. The Bertz CT molecular complexity index is 160. The molecule has 0 aromatic heterocycles. The van der Waals surface area contributed by atoms with Gasteiger partial charge >= 0.3 is 0 Å². The van der Waals surface area contributed by atoms with E-state index in [1.807, 2.05) is 0 Å². The molecule has 0 unspecified atom stereocenters. The van der Waals surface area contributed by atoms with Crippen LogP contribution in [0.3, 0.4) is 0 Å². The monoisotopic (exact) mass is 169 g/mol. The zero-order valence-electron chi connectivity index (χ0n) is 5.32. The molecule has 61 valence electrons. The highest BCUT2D eigenvalue weighted by Crippen LogP contribution is 1.82. The average molecular weight is 169 g/mol. The van der Waals surface area contributed by atoms with Crippen molar-refractivity contribution in [3.8, 4) is 0 Å². The van der Waals surface area contributed by atoms with E-state index >= 15 is 0 Å². The Hall–Kier alpha value is -0.170. The van der Waals surface area contributed by atoms with Crippen molar-refractivity contribution in [2.75, 3.05) is 25.6 Å². The third-order valence-electron chi connectivity index (χ3n) is 0.713. The molecule has 0 fully saturated rings. The van der Waals surface area contributed by atoms with Crippen molar-refractivity contribution in [2.24, 2.45) is 0 Å². The fourth-order valence-electron chi connectivity index (χ4n) is 0.325. The van der Waals surface area contributed by atoms with Crippen LogP contribution < -0.4 is 0 Å². The van der Waals surface area contributed by atoms with E-state index in [1.165, 1.54) is 0 Å². The van der Waals surface area contributed by atoms with Gasteiger partial charge in [-0.3, -0.25) is 4.55 Å². The van der Waals surface area contributed by atoms with Crippen LogP contribution in [0.25, 0.3) is 0 Å². The summed E-state index contributed by atoms with van der Waals surface area (Å²) in [4.78, 5) is 0. The van der Waals surface area contributed by atoms with Gasteiger partial charge in [-0.15, -0.1) is 0 Å². The predicted octanol–water partition coefficient (Wildman–Crippen LogP) is -0.679. The highest BCUT2D eigenvalue weighted by Gasteiger charge is 2.02. The minimum Gasteiger partial charge on any atom is -0.378 e. The van der Waals surface area contributed by atoms with Crippen molar-refractivity contribution in [3.63, 3.8) is 0 Å². The van der Waals surface area contributed by atoms with Gasteiger partial charge in [0.05, 0.1) is 19.0 Å². The second-order valence-electron chi connectivity index (χ2n) is 1.60. The van der Waals surface area contributed by atoms with E-state index in [4.69, 9.17) is 4.55 Å². The third kappa shape index (κ3) is 7.83. The number of rotatable bonds is 5. The van der Waals surface area contributed by atoms with E-state index in [1.54, 1.807) is 0 Å². The molecule has 6 heteroatoms. The van der Waals surface area contributed by atoms with Crippen molar-refractivity contribution in [3.05, 3.63) is 0 Å². The average Bonchev–Trinajstić information content (AvgIpc) is 1.78. The number of hydrogen-bond acceptors (Lipinski definition) is 3. The van der Waals surface area contributed by atoms with Gasteiger partial charge in [-0.25, -0.2) is 5.11 Å². The number of hydrogen-bond donors (Lipinski definition) is 1. The maximum Gasteiger partial charge on any atom is 0.267 e. The van der Waals surface area contributed by atoms with Crippen LogP contribution in [0.1, 0.15) is 0 Å². The normalized spacial score (nSPS) is 11.8. The molecule has 0 aliphatic carbocycles. The SMILES string of the molecule is [O]CCOCCS(=O)(=O)O. The van der Waals surface area contributed by atoms with Crippen molar-refractivity contribution in [1.29, 1.82) is 0 Å². The van der Waals surface area contributed by atoms with Crippen LogP contribution in [0.15, 0.2) is 0 Å². The molecule has 1 radical (unpaired) electrons. The van der Waals surface area contributed by atoms with Crippen LogP contribution >= 0.6 is 0 Å². The van der Waals surface area contributed by atoms with Crippen LogP contribution in [0, 0.1) is 0 Å². The molecule has 10 heavy (non-hydrogen) atoms. The quantitative estimate of drug-likeness (QED) is 0.436. The lowest BCUT2D eigenvalue weighted by Crippen LogP contribution is -2.11. The summed E-state index contributed by atoms with van der Waals surface area (Å²) in [6.45, 7) is -0.540. The molecule has 0 aromatic carbocycles. The largest absolute Gasteiger partial charge is 0.378 e. The lowest BCUT2D eigenvalue weighted by molar-refractivity contribution is 0.0709. The highest BCUT2D eigenvalue weighted by atomic mass is 32.2. The Morgan fingerprint density at radius 3 is 2.30 bits per heavy atom. The standard InChI is InChI=1S/C4H9O5S/c5-1-2-9-3-4-10(6,7)8/h1-4H2,(H,6,7,8). The summed E-state index contributed by atoms with van der Waals surface area (Å²) in [5, 5.41) is 9.72. The molecule has 0 aliphatic heterocycles. The Morgan fingerprint density at radius 1 is 1.30 bits per heavy atom. The van der Waals surface area contributed by atoms with Gasteiger partial charge in [-0.1, -0.05) is 0 Å². The molecule has 0 rings (SSSR count). The van der Waals surface area contributed by atoms with E-state index in [-0.39, 0.29) is 13.2 Å². The van der Waals surface area contributed by atoms with E-state index in [9.17, 15) is 13.5 Å². The van der Waals surface area contributed by atoms with Gasteiger partial charge in [-0.2, -0.15) is 8.42 Å². The summed E-state index contributed by atoms with van der Waals surface area (Å²) in [5.41, 5.74) is 0. The second-order valence-corrected chi connectivity index (χ2v) is 3.17. The van der Waals surface area contributed by atoms with Crippen molar-refractivity contribution >= 4 is 10.1 Å². The summed E-state index contributed by atoms with van der Waals surface area (Å²) < 4.78 is 32.6. The fourth-order valence-corrected chi connectivity index (χ4v) is 0.654. The van der Waals surface area contributed by atoms with Crippen LogP contribution in [0.2, 0.25) is 0 Å². The first-order valence-electron chi connectivity index (χ1n) is 2.67. The molecule has 0 aromatic rings. The molecule has 0 bridgehead atoms. The second kappa shape index (κ2) is 4.62. The molecule has 0 saturated heterocycles. The Kier molecular flexibility index (Phi) is 4.54. The Labute approximate surface area is 59.4 Å². The van der Waals surface area contributed by atoms with Crippen LogP contribution in [0.5, 0.6) is 0 Å². The highest BCUT2D eigenvalue weighted by molar-refractivity contribution is 7.85. The maximum atomic E-state index is 9.99. The lowest BCUT2D eigenvalue weighted by atomic mass is 10.7. The summed E-state index contributed by atoms with van der Waals surface area (Å²) in [7, 11) is -3.93. The fraction of sp³-hybridized carbons (Fsp3) is 1.00. The first-order chi connectivity index (χ1) is 4.56. The summed E-state index contributed by atoms with van der Waals surface area (Å²) in [5.74, 6) is -0.451. The van der Waals surface area contributed by atoms with E-state index < -0.39 is 22.5 Å². The van der Waals surface area contributed by atoms with Gasteiger partial charge in [-0.05, 0) is 0 Å². The van der Waals surface area contributed by atoms with Gasteiger partial charge in [0.15, 0.2) is 0 Å². The first kappa shape index (κ1) is 9.83. The minimum absolute atomic E-state index is 0.0183. The lowest BCUT2D eigenvalue weighted by Gasteiger charge is -1.97. The maximum absolute atomic E-state index is 9.99. The molecule has 5 nitrogen and oxygen atoms in total.